The number of thiocarbonyl (C=S) groups is 1. The van der Waals surface area contributed by atoms with Gasteiger partial charge in [0, 0.05) is 17.3 Å². The summed E-state index contributed by atoms with van der Waals surface area (Å²) < 4.78 is 13.3. The van der Waals surface area contributed by atoms with E-state index < -0.39 is 6.04 Å². The molecule has 2 amide bonds. The van der Waals surface area contributed by atoms with Crippen molar-refractivity contribution in [3.05, 3.63) is 95.3 Å². The van der Waals surface area contributed by atoms with E-state index >= 15 is 0 Å². The quantitative estimate of drug-likeness (QED) is 0.480. The number of benzene rings is 3. The highest BCUT2D eigenvalue weighted by atomic mass is 35.5. The Bertz CT molecular complexity index is 1160. The molecule has 0 saturated carbocycles. The topological polar surface area (TPSA) is 52.7 Å². The van der Waals surface area contributed by atoms with Gasteiger partial charge in [-0.25, -0.2) is 4.39 Å². The van der Waals surface area contributed by atoms with Crippen LogP contribution in [-0.4, -0.2) is 34.4 Å². The minimum absolute atomic E-state index is 0.0612. The van der Waals surface area contributed by atoms with Gasteiger partial charge in [-0.15, -0.1) is 0 Å². The second-order valence-corrected chi connectivity index (χ2v) is 8.44. The Kier molecular flexibility index (Phi) is 7.01. The summed E-state index contributed by atoms with van der Waals surface area (Å²) in [6.07, 6.45) is 0.486. The first kappa shape index (κ1) is 22.9. The van der Waals surface area contributed by atoms with E-state index in [1.54, 1.807) is 53.4 Å². The number of hydrogen-bond donors (Lipinski definition) is 1. The smallest absolute Gasteiger partial charge is 0.256 e. The third-order valence-electron chi connectivity index (χ3n) is 5.39. The van der Waals surface area contributed by atoms with Crippen LogP contribution in [0.1, 0.15) is 12.0 Å². The lowest BCUT2D eigenvalue weighted by Gasteiger charge is -2.24. The van der Waals surface area contributed by atoms with Gasteiger partial charge in [0.1, 0.15) is 11.9 Å². The summed E-state index contributed by atoms with van der Waals surface area (Å²) in [6, 6.07) is 21.3. The van der Waals surface area contributed by atoms with Crippen LogP contribution in [0.4, 0.5) is 15.8 Å². The highest BCUT2D eigenvalue weighted by Crippen LogP contribution is 2.27. The fourth-order valence-corrected chi connectivity index (χ4v) is 4.26. The summed E-state index contributed by atoms with van der Waals surface area (Å²) >= 11 is 11.6. The number of rotatable bonds is 7. The van der Waals surface area contributed by atoms with Crippen LogP contribution in [0, 0.1) is 5.82 Å². The predicted molar refractivity (Wildman–Crippen MR) is 132 cm³/mol. The molecule has 1 N–H and O–H groups in total. The first-order chi connectivity index (χ1) is 15.9. The molecule has 0 aromatic heterocycles. The van der Waals surface area contributed by atoms with Crippen molar-refractivity contribution in [1.29, 1.82) is 0 Å². The number of nitrogens with one attached hydrogen (secondary N) is 1. The van der Waals surface area contributed by atoms with Gasteiger partial charge in [-0.1, -0.05) is 41.9 Å². The van der Waals surface area contributed by atoms with Crippen LogP contribution >= 0.6 is 23.8 Å². The molecule has 0 spiro atoms. The summed E-state index contributed by atoms with van der Waals surface area (Å²) in [5, 5.41) is 3.72. The van der Waals surface area contributed by atoms with E-state index in [0.717, 1.165) is 5.56 Å². The van der Waals surface area contributed by atoms with E-state index in [2.05, 4.69) is 5.32 Å². The molecule has 168 valence electrons. The lowest BCUT2D eigenvalue weighted by atomic mass is 10.1. The number of anilines is 2. The molecular weight excluding hydrogens is 461 g/mol. The highest BCUT2D eigenvalue weighted by molar-refractivity contribution is 7.80. The molecule has 1 aliphatic rings. The van der Waals surface area contributed by atoms with E-state index in [4.69, 9.17) is 23.8 Å². The maximum absolute atomic E-state index is 13.4. The largest absolute Gasteiger partial charge is 0.336 e. The van der Waals surface area contributed by atoms with E-state index in [-0.39, 0.29) is 24.1 Å². The maximum Gasteiger partial charge on any atom is 0.256 e. The van der Waals surface area contributed by atoms with E-state index in [1.165, 1.54) is 17.0 Å². The third kappa shape index (κ3) is 5.38. The average molecular weight is 482 g/mol. The lowest BCUT2D eigenvalue weighted by Crippen LogP contribution is -2.39. The Morgan fingerprint density at radius 1 is 1.00 bits per heavy atom. The fourth-order valence-electron chi connectivity index (χ4n) is 3.72. The van der Waals surface area contributed by atoms with Gasteiger partial charge in [0.25, 0.3) is 5.91 Å². The molecule has 4 rings (SSSR count). The van der Waals surface area contributed by atoms with Crippen LogP contribution in [0.5, 0.6) is 0 Å². The van der Waals surface area contributed by atoms with Crippen LogP contribution in [0.3, 0.4) is 0 Å². The molecule has 3 aromatic carbocycles. The Morgan fingerprint density at radius 3 is 2.33 bits per heavy atom. The highest BCUT2D eigenvalue weighted by Gasteiger charge is 2.43. The van der Waals surface area contributed by atoms with Crippen molar-refractivity contribution >= 4 is 52.1 Å². The monoisotopic (exact) mass is 481 g/mol. The first-order valence-corrected chi connectivity index (χ1v) is 11.2. The molecule has 1 fully saturated rings. The number of para-hydroxylation sites is 1. The minimum atomic E-state index is -0.745. The van der Waals surface area contributed by atoms with Crippen LogP contribution in [-0.2, 0) is 16.0 Å². The zero-order valence-electron chi connectivity index (χ0n) is 17.6. The van der Waals surface area contributed by atoms with Crippen LogP contribution in [0.15, 0.2) is 78.9 Å². The number of carbonyl (C=O) groups excluding carboxylic acids is 2. The van der Waals surface area contributed by atoms with Gasteiger partial charge in [0.2, 0.25) is 5.91 Å². The van der Waals surface area contributed by atoms with Crippen molar-refractivity contribution in [2.75, 3.05) is 16.8 Å². The van der Waals surface area contributed by atoms with Crippen molar-refractivity contribution in [2.24, 2.45) is 0 Å². The molecule has 1 unspecified atom stereocenters. The molecule has 33 heavy (non-hydrogen) atoms. The van der Waals surface area contributed by atoms with Gasteiger partial charge in [0.05, 0.1) is 12.1 Å². The zero-order valence-corrected chi connectivity index (χ0v) is 19.2. The standard InChI is InChI=1S/C25H21ClFN3O2S/c26-18-8-12-20(13-9-18)28-23(31)16-22-24(32)30(21-4-2-1-3-5-21)25(33)29(22)15-14-17-6-10-19(27)11-7-17/h1-13,22H,14-16H2,(H,28,31). The Balaban J connectivity index is 1.54. The molecule has 8 heteroatoms. The SMILES string of the molecule is O=C(CC1C(=O)N(c2ccccc2)C(=S)N1CCc1ccc(F)cc1)Nc1ccc(Cl)cc1. The number of halogens is 2. The molecule has 3 aromatic rings. The molecule has 1 atom stereocenters. The molecule has 0 radical (unpaired) electrons. The summed E-state index contributed by atoms with van der Waals surface area (Å²) in [6.45, 7) is 0.415. The second-order valence-electron chi connectivity index (χ2n) is 7.64. The number of carbonyl (C=O) groups is 2. The predicted octanol–water partition coefficient (Wildman–Crippen LogP) is 5.05. The lowest BCUT2D eigenvalue weighted by molar-refractivity contribution is -0.124. The van der Waals surface area contributed by atoms with Crippen molar-refractivity contribution in [3.63, 3.8) is 0 Å². The maximum atomic E-state index is 13.4. The van der Waals surface area contributed by atoms with Crippen LogP contribution in [0.2, 0.25) is 5.02 Å². The van der Waals surface area contributed by atoms with Crippen molar-refractivity contribution in [2.45, 2.75) is 18.9 Å². The molecule has 1 aliphatic heterocycles. The van der Waals surface area contributed by atoms with E-state index in [9.17, 15) is 14.0 Å². The molecule has 0 aliphatic carbocycles. The summed E-state index contributed by atoms with van der Waals surface area (Å²) in [7, 11) is 0. The van der Waals surface area contributed by atoms with Crippen molar-refractivity contribution in [3.8, 4) is 0 Å². The van der Waals surface area contributed by atoms with Gasteiger partial charge in [-0.05, 0) is 72.7 Å². The summed E-state index contributed by atoms with van der Waals surface area (Å²) in [5.74, 6) is -0.866. The summed E-state index contributed by atoms with van der Waals surface area (Å²) in [5.41, 5.74) is 2.16. The molecular formula is C25H21ClFN3O2S. The number of amides is 2. The van der Waals surface area contributed by atoms with E-state index in [1.807, 2.05) is 18.2 Å². The van der Waals surface area contributed by atoms with Gasteiger partial charge in [0.15, 0.2) is 5.11 Å². The normalized spacial score (nSPS) is 15.8. The van der Waals surface area contributed by atoms with Crippen molar-refractivity contribution in [1.82, 2.24) is 4.90 Å². The van der Waals surface area contributed by atoms with E-state index in [0.29, 0.717) is 34.5 Å². The molecule has 0 bridgehead atoms. The summed E-state index contributed by atoms with van der Waals surface area (Å²) in [4.78, 5) is 29.4. The average Bonchev–Trinajstić information content (AvgIpc) is 3.04. The van der Waals surface area contributed by atoms with Gasteiger partial charge < -0.3 is 10.2 Å². The minimum Gasteiger partial charge on any atom is -0.336 e. The molecule has 5 nitrogen and oxygen atoms in total. The third-order valence-corrected chi connectivity index (χ3v) is 6.06. The Hall–Kier alpha value is -3.29. The first-order valence-electron chi connectivity index (χ1n) is 10.4. The van der Waals surface area contributed by atoms with Crippen molar-refractivity contribution < 1.29 is 14.0 Å². The number of nitrogens with zero attached hydrogens (tertiary/aromatic N) is 2. The number of hydrogen-bond acceptors (Lipinski definition) is 3. The molecule has 1 heterocycles. The van der Waals surface area contributed by atoms with Gasteiger partial charge >= 0.3 is 0 Å². The van der Waals surface area contributed by atoms with Gasteiger partial charge in [-0.3, -0.25) is 14.5 Å². The molecule has 1 saturated heterocycles. The second kappa shape index (κ2) is 10.1. The van der Waals surface area contributed by atoms with Gasteiger partial charge in [-0.2, -0.15) is 0 Å². The zero-order chi connectivity index (χ0) is 23.4. The van der Waals surface area contributed by atoms with Crippen LogP contribution < -0.4 is 10.2 Å². The fraction of sp³-hybridized carbons (Fsp3) is 0.160. The Labute approximate surface area is 201 Å². The van der Waals surface area contributed by atoms with Crippen LogP contribution in [0.25, 0.3) is 0 Å². The Morgan fingerprint density at radius 2 is 1.67 bits per heavy atom.